The summed E-state index contributed by atoms with van der Waals surface area (Å²) < 4.78 is 6.78. The van der Waals surface area contributed by atoms with Crippen LogP contribution < -0.4 is 21.9 Å². The van der Waals surface area contributed by atoms with Crippen LogP contribution in [0.3, 0.4) is 0 Å². The molecule has 3 atom stereocenters. The third-order valence-corrected chi connectivity index (χ3v) is 3.12. The normalized spacial score (nSPS) is 26.3. The van der Waals surface area contributed by atoms with Gasteiger partial charge in [0, 0.05) is 24.2 Å². The molecule has 1 aromatic heterocycles. The third kappa shape index (κ3) is 2.56. The predicted octanol–water partition coefficient (Wildman–Crippen LogP) is -2.90. The highest BCUT2D eigenvalue weighted by molar-refractivity contribution is 5.02. The van der Waals surface area contributed by atoms with Gasteiger partial charge < -0.3 is 9.84 Å². The van der Waals surface area contributed by atoms with Crippen molar-refractivity contribution >= 4 is 0 Å². The van der Waals surface area contributed by atoms with Gasteiger partial charge in [0.05, 0.1) is 12.7 Å². The number of aromatic amines is 1. The van der Waals surface area contributed by atoms with Gasteiger partial charge in [-0.05, 0) is 6.92 Å². The molecule has 9 nitrogen and oxygen atoms in total. The van der Waals surface area contributed by atoms with E-state index in [2.05, 4.69) is 10.4 Å². The number of nitrogens with one attached hydrogen (secondary N) is 3. The Kier molecular flexibility index (Phi) is 3.76. The predicted molar refractivity (Wildman–Crippen MR) is 62.9 cm³/mol. The average molecular weight is 269 g/mol. The number of aryl methyl sites for hydroxylation is 1. The first kappa shape index (κ1) is 13.4. The molecule has 0 aliphatic carbocycles. The van der Waals surface area contributed by atoms with Gasteiger partial charge in [0.15, 0.2) is 0 Å². The Balaban J connectivity index is 2.29. The zero-order valence-corrected chi connectivity index (χ0v) is 10.3. The van der Waals surface area contributed by atoms with E-state index < -0.39 is 23.6 Å². The monoisotopic (exact) mass is 269 g/mol. The lowest BCUT2D eigenvalue weighted by molar-refractivity contribution is -0.556. The minimum absolute atomic E-state index is 0.257. The number of aromatic nitrogens is 2. The second kappa shape index (κ2) is 5.33. The lowest BCUT2D eigenvalue weighted by Gasteiger charge is -2.15. The van der Waals surface area contributed by atoms with Crippen molar-refractivity contribution in [1.29, 1.82) is 0 Å². The molecule has 0 saturated carbocycles. The van der Waals surface area contributed by atoms with Crippen molar-refractivity contribution in [3.63, 3.8) is 0 Å². The summed E-state index contributed by atoms with van der Waals surface area (Å²) >= 11 is 0. The Labute approximate surface area is 107 Å². The summed E-state index contributed by atoms with van der Waals surface area (Å²) in [5, 5.41) is 11.0. The molecular weight excluding hydrogens is 254 g/mol. The van der Waals surface area contributed by atoms with Crippen molar-refractivity contribution in [3.8, 4) is 0 Å². The summed E-state index contributed by atoms with van der Waals surface area (Å²) in [6.45, 7) is 1.32. The fourth-order valence-corrected chi connectivity index (χ4v) is 2.11. The van der Waals surface area contributed by atoms with Crippen molar-refractivity contribution in [1.82, 2.24) is 15.0 Å². The standard InChI is InChI=1S/C10H15N5O4/c1-5-3-15(10(18)12-9(5)17)8-2-6(13-14-11)7(4-16)19-8/h3,6-8,14,16H,2,4H2,1H3,(H2-,11,12,13,17,18)/t6-,7+,8+/m0/s1. The van der Waals surface area contributed by atoms with Crippen LogP contribution in [0, 0.1) is 6.92 Å². The van der Waals surface area contributed by atoms with Crippen LogP contribution in [0.25, 0.3) is 5.53 Å². The molecule has 0 amide bonds. The fraction of sp³-hybridized carbons (Fsp3) is 0.600. The highest BCUT2D eigenvalue weighted by Crippen LogP contribution is 2.26. The molecule has 9 heteroatoms. The lowest BCUT2D eigenvalue weighted by atomic mass is 10.1. The van der Waals surface area contributed by atoms with Crippen LogP contribution in [0.15, 0.2) is 15.8 Å². The smallest absolute Gasteiger partial charge is 0.330 e. The maximum atomic E-state index is 11.7. The largest absolute Gasteiger partial charge is 0.394 e. The molecule has 2 heterocycles. The van der Waals surface area contributed by atoms with Gasteiger partial charge in [-0.3, -0.25) is 19.8 Å². The Morgan fingerprint density at radius 1 is 1.68 bits per heavy atom. The fourth-order valence-electron chi connectivity index (χ4n) is 2.11. The summed E-state index contributed by atoms with van der Waals surface area (Å²) in [5.74, 6) is 0. The number of rotatable bonds is 4. The van der Waals surface area contributed by atoms with Crippen LogP contribution in [0.4, 0.5) is 0 Å². The van der Waals surface area contributed by atoms with Gasteiger partial charge in [-0.1, -0.05) is 0 Å². The molecule has 0 unspecified atom stereocenters. The number of hydrazine groups is 1. The van der Waals surface area contributed by atoms with E-state index in [4.69, 9.17) is 10.3 Å². The summed E-state index contributed by atoms with van der Waals surface area (Å²) in [7, 11) is 0. The van der Waals surface area contributed by atoms with Gasteiger partial charge in [-0.2, -0.15) is 10.8 Å². The molecule has 104 valence electrons. The number of H-pyrrole nitrogens is 1. The summed E-state index contributed by atoms with van der Waals surface area (Å²) in [4.78, 5) is 25.2. The Bertz CT molecular complexity index is 580. The Hall–Kier alpha value is -2.00. The van der Waals surface area contributed by atoms with Crippen LogP contribution in [0.2, 0.25) is 0 Å². The Morgan fingerprint density at radius 3 is 3.05 bits per heavy atom. The molecule has 1 saturated heterocycles. The maximum absolute atomic E-state index is 11.7. The van der Waals surface area contributed by atoms with Crippen molar-refractivity contribution in [2.24, 2.45) is 0 Å². The van der Waals surface area contributed by atoms with E-state index in [1.807, 2.05) is 0 Å². The molecule has 0 aromatic carbocycles. The van der Waals surface area contributed by atoms with E-state index in [0.29, 0.717) is 12.0 Å². The first-order valence-corrected chi connectivity index (χ1v) is 5.79. The van der Waals surface area contributed by atoms with E-state index in [-0.39, 0.29) is 12.6 Å². The number of hydrogen-bond donors (Lipinski definition) is 4. The number of hydrogen-bond acceptors (Lipinski definition) is 4. The second-order valence-corrected chi connectivity index (χ2v) is 4.39. The topological polar surface area (TPSA) is 133 Å². The highest BCUT2D eigenvalue weighted by Gasteiger charge is 2.35. The van der Waals surface area contributed by atoms with Crippen LogP contribution in [0.5, 0.6) is 0 Å². The van der Waals surface area contributed by atoms with Crippen molar-refractivity contribution in [2.45, 2.75) is 31.7 Å². The van der Waals surface area contributed by atoms with Gasteiger partial charge >= 0.3 is 5.69 Å². The first-order chi connectivity index (χ1) is 9.06. The zero-order chi connectivity index (χ0) is 14.0. The van der Waals surface area contributed by atoms with Crippen molar-refractivity contribution < 1.29 is 15.1 Å². The summed E-state index contributed by atoms with van der Waals surface area (Å²) in [6.07, 6.45) is 0.578. The van der Waals surface area contributed by atoms with Crippen LogP contribution in [0.1, 0.15) is 18.2 Å². The Morgan fingerprint density at radius 2 is 2.42 bits per heavy atom. The van der Waals surface area contributed by atoms with E-state index in [1.165, 1.54) is 10.8 Å². The lowest BCUT2D eigenvalue weighted by Crippen LogP contribution is -2.79. The molecule has 1 fully saturated rings. The molecule has 4 N–H and O–H groups in total. The van der Waals surface area contributed by atoms with Gasteiger partial charge in [0.25, 0.3) is 5.56 Å². The second-order valence-electron chi connectivity index (χ2n) is 4.39. The quantitative estimate of drug-likeness (QED) is 0.344. The SMILES string of the molecule is Cc1cn([C@H]2C[C@H](N[NH+]=[N-])[C@@H](CO)O2)c(=O)[nH]c1=O. The zero-order valence-electron chi connectivity index (χ0n) is 10.3. The highest BCUT2D eigenvalue weighted by atomic mass is 16.5. The molecule has 0 bridgehead atoms. The van der Waals surface area contributed by atoms with E-state index in [1.54, 1.807) is 12.1 Å². The van der Waals surface area contributed by atoms with Crippen LogP contribution in [-0.2, 0) is 4.74 Å². The van der Waals surface area contributed by atoms with Crippen LogP contribution in [-0.4, -0.2) is 33.4 Å². The minimum Gasteiger partial charge on any atom is -0.394 e. The molecule has 2 rings (SSSR count). The van der Waals surface area contributed by atoms with Crippen molar-refractivity contribution in [2.75, 3.05) is 6.61 Å². The molecule has 1 aliphatic rings. The minimum atomic E-state index is -0.619. The van der Waals surface area contributed by atoms with Gasteiger partial charge in [-0.25, -0.2) is 4.79 Å². The molecule has 1 aromatic rings. The molecule has 0 spiro atoms. The first-order valence-electron chi connectivity index (χ1n) is 5.79. The third-order valence-electron chi connectivity index (χ3n) is 3.12. The number of ether oxygens (including phenoxy) is 1. The van der Waals surface area contributed by atoms with Gasteiger partial charge in [0.2, 0.25) is 0 Å². The van der Waals surface area contributed by atoms with Crippen molar-refractivity contribution in [3.05, 3.63) is 38.1 Å². The van der Waals surface area contributed by atoms with Gasteiger partial charge in [-0.15, -0.1) is 0 Å². The van der Waals surface area contributed by atoms with E-state index in [0.717, 1.165) is 0 Å². The van der Waals surface area contributed by atoms with E-state index in [9.17, 15) is 14.7 Å². The number of aliphatic hydroxyl groups is 1. The van der Waals surface area contributed by atoms with E-state index >= 15 is 0 Å². The summed E-state index contributed by atoms with van der Waals surface area (Å²) in [5.41, 5.74) is 10.5. The molecule has 1 aliphatic heterocycles. The molecule has 19 heavy (non-hydrogen) atoms. The van der Waals surface area contributed by atoms with Gasteiger partial charge in [0.1, 0.15) is 6.23 Å². The average Bonchev–Trinajstić information content (AvgIpc) is 2.77. The van der Waals surface area contributed by atoms with Crippen LogP contribution >= 0.6 is 0 Å². The maximum Gasteiger partial charge on any atom is 0.330 e. The number of nitrogens with zero attached hydrogens (tertiary/aromatic N) is 2. The molecular formula is C10H15N5O4. The number of aliphatic hydroxyl groups excluding tert-OH is 1. The summed E-state index contributed by atoms with van der Waals surface area (Å²) in [6, 6.07) is -0.362. The molecule has 0 radical (unpaired) electrons.